The maximum absolute atomic E-state index is 5.46. The highest BCUT2D eigenvalue weighted by Gasteiger charge is 2.08. The molecular formula is C8H12BrN3S2. The molecular weight excluding hydrogens is 282 g/mol. The Morgan fingerprint density at radius 3 is 2.93 bits per heavy atom. The van der Waals surface area contributed by atoms with Crippen LogP contribution in [-0.2, 0) is 0 Å². The predicted molar refractivity (Wildman–Crippen MR) is 69.1 cm³/mol. The van der Waals surface area contributed by atoms with Gasteiger partial charge in [0.05, 0.1) is 4.99 Å². The second-order valence-corrected chi connectivity index (χ2v) is 4.92. The van der Waals surface area contributed by atoms with Gasteiger partial charge in [-0.15, -0.1) is 11.3 Å². The zero-order valence-electron chi connectivity index (χ0n) is 7.86. The molecule has 0 saturated carbocycles. The van der Waals surface area contributed by atoms with Crippen molar-refractivity contribution in [2.45, 2.75) is 13.3 Å². The Bertz CT molecular complexity index is 313. The van der Waals surface area contributed by atoms with Crippen LogP contribution < -0.4 is 10.6 Å². The monoisotopic (exact) mass is 293 g/mol. The predicted octanol–water partition coefficient (Wildman–Crippen LogP) is 2.41. The maximum atomic E-state index is 5.46. The number of halogens is 1. The molecule has 0 atom stereocenters. The first-order chi connectivity index (χ1) is 6.63. The van der Waals surface area contributed by atoms with E-state index in [9.17, 15) is 0 Å². The van der Waals surface area contributed by atoms with Crippen LogP contribution in [0.5, 0.6) is 0 Å². The molecule has 0 unspecified atom stereocenters. The minimum atomic E-state index is 0.555. The third-order valence-corrected chi connectivity index (χ3v) is 3.56. The van der Waals surface area contributed by atoms with E-state index in [1.807, 2.05) is 5.38 Å². The van der Waals surface area contributed by atoms with E-state index in [2.05, 4.69) is 32.7 Å². The average Bonchev–Trinajstić information content (AvgIpc) is 2.53. The van der Waals surface area contributed by atoms with Gasteiger partial charge in [-0.3, -0.25) is 0 Å². The van der Waals surface area contributed by atoms with Crippen molar-refractivity contribution >= 4 is 49.6 Å². The van der Waals surface area contributed by atoms with E-state index < -0.39 is 0 Å². The molecule has 0 aliphatic heterocycles. The summed E-state index contributed by atoms with van der Waals surface area (Å²) in [6.45, 7) is 3.85. The van der Waals surface area contributed by atoms with E-state index in [0.29, 0.717) is 4.99 Å². The number of hydrogen-bond donors (Lipinski definition) is 1. The van der Waals surface area contributed by atoms with Crippen LogP contribution in [0.4, 0.5) is 5.13 Å². The highest BCUT2D eigenvalue weighted by Crippen LogP contribution is 2.23. The molecule has 1 aromatic rings. The average molecular weight is 294 g/mol. The van der Waals surface area contributed by atoms with Gasteiger partial charge in [0, 0.05) is 24.9 Å². The van der Waals surface area contributed by atoms with Crippen molar-refractivity contribution in [2.75, 3.05) is 18.0 Å². The van der Waals surface area contributed by atoms with Crippen molar-refractivity contribution in [2.24, 2.45) is 5.73 Å². The summed E-state index contributed by atoms with van der Waals surface area (Å²) in [6, 6.07) is 0. The number of anilines is 1. The number of thiazole rings is 1. The van der Waals surface area contributed by atoms with Crippen molar-refractivity contribution in [1.29, 1.82) is 0 Å². The van der Waals surface area contributed by atoms with Crippen LogP contribution in [-0.4, -0.2) is 23.1 Å². The van der Waals surface area contributed by atoms with E-state index in [1.54, 1.807) is 11.3 Å². The first kappa shape index (κ1) is 11.9. The summed E-state index contributed by atoms with van der Waals surface area (Å²) >= 11 is 9.79. The summed E-state index contributed by atoms with van der Waals surface area (Å²) in [5.74, 6) is 0. The van der Waals surface area contributed by atoms with Crippen LogP contribution in [0.15, 0.2) is 9.98 Å². The van der Waals surface area contributed by atoms with Crippen molar-refractivity contribution in [3.05, 3.63) is 9.98 Å². The second kappa shape index (κ2) is 5.63. The van der Waals surface area contributed by atoms with Gasteiger partial charge in [-0.05, 0) is 22.9 Å². The van der Waals surface area contributed by atoms with Crippen LogP contribution >= 0.6 is 39.5 Å². The summed E-state index contributed by atoms with van der Waals surface area (Å²) in [7, 11) is 0. The summed E-state index contributed by atoms with van der Waals surface area (Å²) < 4.78 is 0.881. The zero-order valence-corrected chi connectivity index (χ0v) is 11.1. The Labute approximate surface area is 101 Å². The van der Waals surface area contributed by atoms with Gasteiger partial charge in [0.1, 0.15) is 4.60 Å². The Morgan fingerprint density at radius 2 is 2.50 bits per heavy atom. The zero-order chi connectivity index (χ0) is 10.6. The summed E-state index contributed by atoms with van der Waals surface area (Å²) in [4.78, 5) is 7.05. The van der Waals surface area contributed by atoms with Gasteiger partial charge in [0.25, 0.3) is 0 Å². The van der Waals surface area contributed by atoms with Crippen LogP contribution in [0.3, 0.4) is 0 Å². The molecule has 1 rings (SSSR count). The standard InChI is InChI=1S/C8H12BrN3S2/c1-2-12(4-3-7(10)13)8-11-6(9)5-14-8/h5H,2-4H2,1H3,(H2,10,13). The van der Waals surface area contributed by atoms with Crippen LogP contribution in [0, 0.1) is 0 Å². The lowest BCUT2D eigenvalue weighted by Crippen LogP contribution is -2.27. The third kappa shape index (κ3) is 3.51. The van der Waals surface area contributed by atoms with Crippen molar-refractivity contribution in [3.8, 4) is 0 Å². The van der Waals surface area contributed by atoms with Crippen LogP contribution in [0.25, 0.3) is 0 Å². The maximum Gasteiger partial charge on any atom is 0.186 e. The Hall–Kier alpha value is -0.200. The van der Waals surface area contributed by atoms with Gasteiger partial charge in [0.2, 0.25) is 0 Å². The van der Waals surface area contributed by atoms with E-state index in [0.717, 1.165) is 29.2 Å². The fourth-order valence-electron chi connectivity index (χ4n) is 1.02. The molecule has 0 aromatic carbocycles. The number of thiocarbonyl (C=S) groups is 1. The van der Waals surface area contributed by atoms with Crippen molar-refractivity contribution < 1.29 is 0 Å². The number of rotatable bonds is 5. The largest absolute Gasteiger partial charge is 0.393 e. The third-order valence-electron chi connectivity index (χ3n) is 1.74. The molecule has 0 fully saturated rings. The SMILES string of the molecule is CCN(CCC(N)=S)c1nc(Br)cs1. The molecule has 78 valence electrons. The Kier molecular flexibility index (Phi) is 4.77. The molecule has 0 aliphatic carbocycles. The molecule has 1 aromatic heterocycles. The quantitative estimate of drug-likeness (QED) is 0.847. The first-order valence-corrected chi connectivity index (χ1v) is 6.36. The number of aromatic nitrogens is 1. The fraction of sp³-hybridized carbons (Fsp3) is 0.500. The van der Waals surface area contributed by atoms with Gasteiger partial charge in [0.15, 0.2) is 5.13 Å². The fourth-order valence-corrected chi connectivity index (χ4v) is 2.46. The minimum absolute atomic E-state index is 0.555. The number of nitrogens with two attached hydrogens (primary N) is 1. The van der Waals surface area contributed by atoms with E-state index >= 15 is 0 Å². The highest BCUT2D eigenvalue weighted by atomic mass is 79.9. The van der Waals surface area contributed by atoms with Gasteiger partial charge < -0.3 is 10.6 Å². The molecule has 2 N–H and O–H groups in total. The topological polar surface area (TPSA) is 42.1 Å². The van der Waals surface area contributed by atoms with E-state index in [1.165, 1.54) is 0 Å². The van der Waals surface area contributed by atoms with Crippen LogP contribution in [0.1, 0.15) is 13.3 Å². The number of nitrogens with zero attached hydrogens (tertiary/aromatic N) is 2. The normalized spacial score (nSPS) is 10.1. The second-order valence-electron chi connectivity index (χ2n) is 2.75. The number of hydrogen-bond acceptors (Lipinski definition) is 4. The van der Waals surface area contributed by atoms with Crippen molar-refractivity contribution in [3.63, 3.8) is 0 Å². The van der Waals surface area contributed by atoms with Gasteiger partial charge in [-0.25, -0.2) is 4.98 Å². The van der Waals surface area contributed by atoms with Gasteiger partial charge >= 0.3 is 0 Å². The molecule has 3 nitrogen and oxygen atoms in total. The molecule has 1 heterocycles. The minimum Gasteiger partial charge on any atom is -0.393 e. The lowest BCUT2D eigenvalue weighted by molar-refractivity contribution is 0.831. The summed E-state index contributed by atoms with van der Waals surface area (Å²) in [5, 5.41) is 2.98. The van der Waals surface area contributed by atoms with Crippen molar-refractivity contribution in [1.82, 2.24) is 4.98 Å². The Morgan fingerprint density at radius 1 is 1.79 bits per heavy atom. The lowest BCUT2D eigenvalue weighted by Gasteiger charge is -2.18. The molecule has 6 heteroatoms. The molecule has 0 bridgehead atoms. The smallest absolute Gasteiger partial charge is 0.186 e. The molecule has 0 spiro atoms. The van der Waals surface area contributed by atoms with E-state index in [4.69, 9.17) is 18.0 Å². The first-order valence-electron chi connectivity index (χ1n) is 4.27. The summed E-state index contributed by atoms with van der Waals surface area (Å²) in [5.41, 5.74) is 5.46. The summed E-state index contributed by atoms with van der Waals surface area (Å²) in [6.07, 6.45) is 0.736. The molecule has 0 saturated heterocycles. The molecule has 0 amide bonds. The highest BCUT2D eigenvalue weighted by molar-refractivity contribution is 9.10. The Balaban J connectivity index is 2.58. The molecule has 14 heavy (non-hydrogen) atoms. The lowest BCUT2D eigenvalue weighted by atomic mass is 10.4. The van der Waals surface area contributed by atoms with Crippen LogP contribution in [0.2, 0.25) is 0 Å². The molecule has 0 aliphatic rings. The van der Waals surface area contributed by atoms with E-state index in [-0.39, 0.29) is 0 Å². The van der Waals surface area contributed by atoms with Gasteiger partial charge in [-0.2, -0.15) is 0 Å². The van der Waals surface area contributed by atoms with Gasteiger partial charge in [-0.1, -0.05) is 12.2 Å². The molecule has 0 radical (unpaired) electrons.